The normalized spacial score (nSPS) is 11.9. The highest BCUT2D eigenvalue weighted by Crippen LogP contribution is 2.19. The third-order valence-corrected chi connectivity index (χ3v) is 6.40. The van der Waals surface area contributed by atoms with Crippen LogP contribution in [0.1, 0.15) is 16.3 Å². The highest BCUT2D eigenvalue weighted by molar-refractivity contribution is 7.91. The molecule has 0 aliphatic heterocycles. The van der Waals surface area contributed by atoms with Gasteiger partial charge < -0.3 is 5.73 Å². The van der Waals surface area contributed by atoms with Gasteiger partial charge in [0.05, 0.1) is 5.01 Å². The van der Waals surface area contributed by atoms with Crippen LogP contribution in [0.15, 0.2) is 21.0 Å². The molecule has 0 unspecified atom stereocenters. The van der Waals surface area contributed by atoms with Gasteiger partial charge in [-0.25, -0.2) is 18.1 Å². The summed E-state index contributed by atoms with van der Waals surface area (Å²) in [6.07, 6.45) is 0.604. The van der Waals surface area contributed by atoms with Crippen LogP contribution in [-0.4, -0.2) is 19.9 Å². The number of rotatable bonds is 6. The molecule has 2 heterocycles. The number of hydrogen-bond acceptors (Lipinski definition) is 6. The highest BCUT2D eigenvalue weighted by Gasteiger charge is 2.16. The van der Waals surface area contributed by atoms with E-state index in [9.17, 15) is 8.42 Å². The lowest BCUT2D eigenvalue weighted by molar-refractivity contribution is 0.583. The van der Waals surface area contributed by atoms with E-state index in [-0.39, 0.29) is 0 Å². The van der Waals surface area contributed by atoms with Gasteiger partial charge in [-0.2, -0.15) is 0 Å². The summed E-state index contributed by atoms with van der Waals surface area (Å²) in [6, 6.07) is 1.61. The van der Waals surface area contributed by atoms with Crippen LogP contribution in [0.5, 0.6) is 0 Å². The van der Waals surface area contributed by atoms with Crippen molar-refractivity contribution in [1.29, 1.82) is 0 Å². The van der Waals surface area contributed by atoms with Crippen molar-refractivity contribution in [2.45, 2.75) is 24.1 Å². The van der Waals surface area contributed by atoms with Crippen LogP contribution in [-0.2, 0) is 23.0 Å². The van der Waals surface area contributed by atoms with Gasteiger partial charge in [-0.1, -0.05) is 0 Å². The van der Waals surface area contributed by atoms with Crippen LogP contribution in [0.2, 0.25) is 0 Å². The second kappa shape index (κ2) is 6.10. The molecule has 0 fully saturated rings. The minimum absolute atomic E-state index is 0.309. The van der Waals surface area contributed by atoms with Gasteiger partial charge in [0.15, 0.2) is 0 Å². The Bertz CT molecular complexity index is 646. The average molecular weight is 317 g/mol. The topological polar surface area (TPSA) is 85.1 Å². The van der Waals surface area contributed by atoms with Crippen LogP contribution in [0.4, 0.5) is 0 Å². The molecular weight excluding hydrogens is 302 g/mol. The molecule has 0 atom stereocenters. The highest BCUT2D eigenvalue weighted by atomic mass is 32.2. The fourth-order valence-electron chi connectivity index (χ4n) is 1.48. The molecule has 3 N–H and O–H groups in total. The summed E-state index contributed by atoms with van der Waals surface area (Å²) in [5.74, 6) is 0. The number of aryl methyl sites for hydroxylation is 1. The number of nitrogens with two attached hydrogens (primary N) is 1. The fourth-order valence-corrected chi connectivity index (χ4v) is 4.56. The first-order valence-corrected chi connectivity index (χ1v) is 8.93. The Morgan fingerprint density at radius 1 is 1.37 bits per heavy atom. The van der Waals surface area contributed by atoms with E-state index in [1.807, 2.05) is 12.3 Å². The maximum atomic E-state index is 12.0. The van der Waals surface area contributed by atoms with E-state index in [0.717, 1.165) is 16.3 Å². The first-order chi connectivity index (χ1) is 9.01. The summed E-state index contributed by atoms with van der Waals surface area (Å²) >= 11 is 2.73. The second-order valence-electron chi connectivity index (χ2n) is 4.01. The lowest BCUT2D eigenvalue weighted by Crippen LogP contribution is -2.25. The van der Waals surface area contributed by atoms with Crippen molar-refractivity contribution in [3.8, 4) is 0 Å². The van der Waals surface area contributed by atoms with E-state index in [1.165, 1.54) is 11.3 Å². The molecule has 0 aliphatic carbocycles. The Morgan fingerprint density at radius 3 is 2.74 bits per heavy atom. The largest absolute Gasteiger partial charge is 0.326 e. The van der Waals surface area contributed by atoms with Crippen molar-refractivity contribution >= 4 is 32.7 Å². The molecule has 0 aromatic carbocycles. The number of hydrogen-bond donors (Lipinski definition) is 2. The summed E-state index contributed by atoms with van der Waals surface area (Å²) in [7, 11) is -3.42. The summed E-state index contributed by atoms with van der Waals surface area (Å²) in [6.45, 7) is 2.62. The molecule has 0 aliphatic rings. The van der Waals surface area contributed by atoms with E-state index in [0.29, 0.717) is 23.7 Å². The molecule has 2 rings (SSSR count). The van der Waals surface area contributed by atoms with Gasteiger partial charge in [-0.05, 0) is 23.9 Å². The molecule has 0 spiro atoms. The molecular formula is C11H15N3O2S3. The Hall–Kier alpha value is -0.800. The van der Waals surface area contributed by atoms with Crippen LogP contribution in [0.3, 0.4) is 0 Å². The Balaban J connectivity index is 1.94. The smallest absolute Gasteiger partial charge is 0.250 e. The summed E-state index contributed by atoms with van der Waals surface area (Å²) in [4.78, 5) is 4.29. The van der Waals surface area contributed by atoms with Crippen molar-refractivity contribution in [2.24, 2.45) is 5.73 Å². The van der Waals surface area contributed by atoms with E-state index in [4.69, 9.17) is 5.73 Å². The molecule has 2 aromatic rings. The quantitative estimate of drug-likeness (QED) is 0.845. The van der Waals surface area contributed by atoms with Crippen LogP contribution in [0.25, 0.3) is 0 Å². The zero-order valence-electron chi connectivity index (χ0n) is 10.4. The van der Waals surface area contributed by atoms with Gasteiger partial charge in [0, 0.05) is 30.6 Å². The lowest BCUT2D eigenvalue weighted by atomic mass is 10.4. The number of nitrogens with zero attached hydrogens (tertiary/aromatic N) is 1. The monoisotopic (exact) mass is 317 g/mol. The summed E-state index contributed by atoms with van der Waals surface area (Å²) in [5.41, 5.74) is 7.27. The first kappa shape index (κ1) is 14.6. The molecule has 2 aromatic heterocycles. The second-order valence-corrected chi connectivity index (χ2v) is 7.86. The molecule has 19 heavy (non-hydrogen) atoms. The van der Waals surface area contributed by atoms with Gasteiger partial charge in [-0.3, -0.25) is 0 Å². The Labute approximate surface area is 120 Å². The molecule has 0 radical (unpaired) electrons. The predicted octanol–water partition coefficient (Wildman–Crippen LogP) is 1.49. The van der Waals surface area contributed by atoms with Crippen molar-refractivity contribution in [3.05, 3.63) is 33.1 Å². The Morgan fingerprint density at radius 2 is 2.16 bits per heavy atom. The lowest BCUT2D eigenvalue weighted by Gasteiger charge is -2.02. The minimum Gasteiger partial charge on any atom is -0.326 e. The summed E-state index contributed by atoms with van der Waals surface area (Å²) in [5, 5.41) is 4.66. The number of thiazole rings is 1. The standard InChI is InChI=1S/C11H15N3O2S3/c1-8-6-17-10(14-8)2-3-13-19(15,16)11-4-9(5-12)7-18-11/h4,6-7,13H,2-3,5,12H2,1H3. The van der Waals surface area contributed by atoms with E-state index in [1.54, 1.807) is 22.8 Å². The minimum atomic E-state index is -3.42. The number of nitrogens with one attached hydrogen (secondary N) is 1. The maximum absolute atomic E-state index is 12.0. The zero-order chi connectivity index (χ0) is 13.9. The van der Waals surface area contributed by atoms with Gasteiger partial charge in [-0.15, -0.1) is 22.7 Å². The number of sulfonamides is 1. The van der Waals surface area contributed by atoms with Crippen LogP contribution < -0.4 is 10.5 Å². The molecule has 0 saturated carbocycles. The Kier molecular flexibility index (Phi) is 4.69. The predicted molar refractivity (Wildman–Crippen MR) is 78.0 cm³/mol. The van der Waals surface area contributed by atoms with E-state index < -0.39 is 10.0 Å². The molecule has 8 heteroatoms. The molecule has 104 valence electrons. The third-order valence-electron chi connectivity index (χ3n) is 2.43. The molecule has 0 bridgehead atoms. The number of aromatic nitrogens is 1. The SMILES string of the molecule is Cc1csc(CCNS(=O)(=O)c2cc(CN)cs2)n1. The van der Waals surface area contributed by atoms with Crippen molar-refractivity contribution in [1.82, 2.24) is 9.71 Å². The molecule has 5 nitrogen and oxygen atoms in total. The average Bonchev–Trinajstić information content (AvgIpc) is 2.98. The summed E-state index contributed by atoms with van der Waals surface area (Å²) < 4.78 is 26.9. The van der Waals surface area contributed by atoms with Gasteiger partial charge >= 0.3 is 0 Å². The maximum Gasteiger partial charge on any atom is 0.250 e. The van der Waals surface area contributed by atoms with Crippen molar-refractivity contribution in [3.63, 3.8) is 0 Å². The fraction of sp³-hybridized carbons (Fsp3) is 0.364. The van der Waals surface area contributed by atoms with Gasteiger partial charge in [0.25, 0.3) is 0 Å². The van der Waals surface area contributed by atoms with Gasteiger partial charge in [0.2, 0.25) is 10.0 Å². The van der Waals surface area contributed by atoms with E-state index >= 15 is 0 Å². The molecule has 0 saturated heterocycles. The number of thiophene rings is 1. The van der Waals surface area contributed by atoms with Crippen LogP contribution >= 0.6 is 22.7 Å². The zero-order valence-corrected chi connectivity index (χ0v) is 12.9. The molecule has 0 amide bonds. The van der Waals surface area contributed by atoms with Crippen molar-refractivity contribution < 1.29 is 8.42 Å². The van der Waals surface area contributed by atoms with E-state index in [2.05, 4.69) is 9.71 Å². The first-order valence-electron chi connectivity index (χ1n) is 5.69. The van der Waals surface area contributed by atoms with Gasteiger partial charge in [0.1, 0.15) is 4.21 Å². The van der Waals surface area contributed by atoms with Crippen LogP contribution in [0, 0.1) is 6.92 Å². The third kappa shape index (κ3) is 3.83. The van der Waals surface area contributed by atoms with Crippen molar-refractivity contribution in [2.75, 3.05) is 6.54 Å².